The molecule has 1 N–H and O–H groups in total. The number of rotatable bonds is 3. The van der Waals surface area contributed by atoms with Gasteiger partial charge < -0.3 is 5.32 Å². The lowest BCUT2D eigenvalue weighted by Crippen LogP contribution is -2.22. The molecule has 0 atom stereocenters. The minimum atomic E-state index is -0.255. The topological polar surface area (TPSA) is 64.0 Å². The van der Waals surface area contributed by atoms with Crippen molar-refractivity contribution >= 4 is 34.1 Å². The zero-order chi connectivity index (χ0) is 19.7. The molecular weight excluding hydrogens is 374 g/mol. The summed E-state index contributed by atoms with van der Waals surface area (Å²) in [6, 6.07) is 21.0. The molecule has 28 heavy (non-hydrogen) atoms. The van der Waals surface area contributed by atoms with Crippen molar-refractivity contribution in [1.82, 2.24) is 9.55 Å². The Morgan fingerprint density at radius 3 is 2.50 bits per heavy atom. The van der Waals surface area contributed by atoms with Crippen molar-refractivity contribution in [3.05, 3.63) is 99.6 Å². The lowest BCUT2D eigenvalue weighted by Gasteiger charge is -2.11. The maximum Gasteiger partial charge on any atom is 0.265 e. The number of hydrogen-bond donors (Lipinski definition) is 1. The van der Waals surface area contributed by atoms with Gasteiger partial charge in [-0.25, -0.2) is 4.98 Å². The van der Waals surface area contributed by atoms with Crippen LogP contribution in [0.5, 0.6) is 0 Å². The second-order valence-corrected chi connectivity index (χ2v) is 6.76. The molecule has 0 saturated heterocycles. The number of fused-ring (bicyclic) bond motifs is 1. The zero-order valence-electron chi connectivity index (χ0n) is 15.0. The summed E-state index contributed by atoms with van der Waals surface area (Å²) < 4.78 is 1.54. The minimum absolute atomic E-state index is 0.140. The maximum absolute atomic E-state index is 12.9. The summed E-state index contributed by atoms with van der Waals surface area (Å²) >= 11 is 5.94. The van der Waals surface area contributed by atoms with Gasteiger partial charge >= 0.3 is 0 Å². The summed E-state index contributed by atoms with van der Waals surface area (Å²) in [6.07, 6.45) is 0. The van der Waals surface area contributed by atoms with Crippen molar-refractivity contribution in [3.63, 3.8) is 0 Å². The Hall–Kier alpha value is -3.44. The van der Waals surface area contributed by atoms with Crippen molar-refractivity contribution in [3.8, 4) is 5.69 Å². The van der Waals surface area contributed by atoms with Gasteiger partial charge in [-0.05, 0) is 61.5 Å². The van der Waals surface area contributed by atoms with E-state index in [1.807, 2.05) is 18.2 Å². The molecule has 0 aliphatic carbocycles. The van der Waals surface area contributed by atoms with Gasteiger partial charge in [0.1, 0.15) is 5.82 Å². The summed E-state index contributed by atoms with van der Waals surface area (Å²) in [5.41, 5.74) is 2.27. The maximum atomic E-state index is 12.9. The zero-order valence-corrected chi connectivity index (χ0v) is 15.8. The van der Waals surface area contributed by atoms with E-state index in [1.165, 1.54) is 0 Å². The number of hydrogen-bond acceptors (Lipinski definition) is 3. The highest BCUT2D eigenvalue weighted by Crippen LogP contribution is 2.17. The molecule has 6 heteroatoms. The second kappa shape index (κ2) is 7.29. The normalized spacial score (nSPS) is 10.8. The molecular formula is C22H16ClN3O2. The molecule has 4 aromatic rings. The number of carbonyl (C=O) groups is 1. The van der Waals surface area contributed by atoms with E-state index in [4.69, 9.17) is 11.6 Å². The van der Waals surface area contributed by atoms with Gasteiger partial charge in [0.2, 0.25) is 0 Å². The molecule has 5 nitrogen and oxygen atoms in total. The van der Waals surface area contributed by atoms with E-state index in [1.54, 1.807) is 66.1 Å². The van der Waals surface area contributed by atoms with Gasteiger partial charge in [-0.3, -0.25) is 14.2 Å². The highest BCUT2D eigenvalue weighted by molar-refractivity contribution is 6.31. The largest absolute Gasteiger partial charge is 0.322 e. The van der Waals surface area contributed by atoms with Gasteiger partial charge in [0.05, 0.1) is 16.6 Å². The molecule has 0 spiro atoms. The quantitative estimate of drug-likeness (QED) is 0.557. The van der Waals surface area contributed by atoms with E-state index in [2.05, 4.69) is 10.3 Å². The van der Waals surface area contributed by atoms with Crippen LogP contribution in [0.3, 0.4) is 0 Å². The molecule has 3 aromatic carbocycles. The molecule has 138 valence electrons. The molecule has 0 aliphatic rings. The summed E-state index contributed by atoms with van der Waals surface area (Å²) in [5, 5.41) is 3.90. The molecule has 0 radical (unpaired) electrons. The number of nitrogens with one attached hydrogen (secondary N) is 1. The summed E-state index contributed by atoms with van der Waals surface area (Å²) in [6.45, 7) is 1.79. The number of anilines is 1. The first-order valence-corrected chi connectivity index (χ1v) is 9.06. The van der Waals surface area contributed by atoms with Crippen LogP contribution in [-0.2, 0) is 0 Å². The van der Waals surface area contributed by atoms with Crippen LogP contribution < -0.4 is 10.9 Å². The van der Waals surface area contributed by atoms with E-state index in [0.717, 1.165) is 0 Å². The van der Waals surface area contributed by atoms with Crippen molar-refractivity contribution in [2.24, 2.45) is 0 Å². The van der Waals surface area contributed by atoms with E-state index >= 15 is 0 Å². The van der Waals surface area contributed by atoms with Crippen LogP contribution in [0.15, 0.2) is 77.6 Å². The predicted octanol–water partition coefficient (Wildman–Crippen LogP) is 4.60. The second-order valence-electron chi connectivity index (χ2n) is 6.33. The van der Waals surface area contributed by atoms with E-state index in [9.17, 15) is 9.59 Å². The van der Waals surface area contributed by atoms with Gasteiger partial charge in [0, 0.05) is 16.3 Å². The predicted molar refractivity (Wildman–Crippen MR) is 111 cm³/mol. The van der Waals surface area contributed by atoms with Gasteiger partial charge in [0.25, 0.3) is 11.5 Å². The Balaban J connectivity index is 1.66. The van der Waals surface area contributed by atoms with Crippen LogP contribution in [0.2, 0.25) is 5.02 Å². The third kappa shape index (κ3) is 3.40. The molecule has 1 amide bonds. The van der Waals surface area contributed by atoms with Crippen molar-refractivity contribution in [2.75, 3.05) is 5.32 Å². The Morgan fingerprint density at radius 2 is 1.75 bits per heavy atom. The molecule has 4 rings (SSSR count). The number of carbonyl (C=O) groups excluding carboxylic acids is 1. The Morgan fingerprint density at radius 1 is 1.00 bits per heavy atom. The first-order valence-electron chi connectivity index (χ1n) is 8.69. The van der Waals surface area contributed by atoms with E-state index < -0.39 is 0 Å². The standard InChI is InChI=1S/C22H16ClN3O2/c1-14-24-20-8-3-2-7-19(20)22(28)26(14)18-11-9-15(10-12-18)21(27)25-17-6-4-5-16(23)13-17/h2-13H,1H3,(H,25,27). The van der Waals surface area contributed by atoms with Crippen LogP contribution in [0, 0.1) is 6.92 Å². The first-order chi connectivity index (χ1) is 13.5. The highest BCUT2D eigenvalue weighted by Gasteiger charge is 2.11. The van der Waals surface area contributed by atoms with E-state index in [0.29, 0.717) is 38.7 Å². The van der Waals surface area contributed by atoms with Gasteiger partial charge in [-0.15, -0.1) is 0 Å². The van der Waals surface area contributed by atoms with Crippen molar-refractivity contribution < 1.29 is 4.79 Å². The molecule has 0 unspecified atom stereocenters. The fraction of sp³-hybridized carbons (Fsp3) is 0.0455. The van der Waals surface area contributed by atoms with Gasteiger partial charge in [0.15, 0.2) is 0 Å². The fourth-order valence-electron chi connectivity index (χ4n) is 3.08. The summed E-state index contributed by atoms with van der Waals surface area (Å²) in [7, 11) is 0. The van der Waals surface area contributed by atoms with Gasteiger partial charge in [-0.2, -0.15) is 0 Å². The average molecular weight is 390 g/mol. The van der Waals surface area contributed by atoms with Crippen LogP contribution in [-0.4, -0.2) is 15.5 Å². The minimum Gasteiger partial charge on any atom is -0.322 e. The molecule has 1 heterocycles. The molecule has 1 aromatic heterocycles. The summed E-state index contributed by atoms with van der Waals surface area (Å²) in [4.78, 5) is 29.8. The number of amides is 1. The SMILES string of the molecule is Cc1nc2ccccc2c(=O)n1-c1ccc(C(=O)Nc2cccc(Cl)c2)cc1. The number of para-hydroxylation sites is 1. The fourth-order valence-corrected chi connectivity index (χ4v) is 3.27. The van der Waals surface area contributed by atoms with Crippen LogP contribution in [0.1, 0.15) is 16.2 Å². The third-order valence-electron chi connectivity index (χ3n) is 4.41. The van der Waals surface area contributed by atoms with E-state index in [-0.39, 0.29) is 11.5 Å². The third-order valence-corrected chi connectivity index (χ3v) is 4.65. The highest BCUT2D eigenvalue weighted by atomic mass is 35.5. The smallest absolute Gasteiger partial charge is 0.265 e. The van der Waals surface area contributed by atoms with Crippen molar-refractivity contribution in [1.29, 1.82) is 0 Å². The first kappa shape index (κ1) is 17.9. The van der Waals surface area contributed by atoms with Crippen LogP contribution in [0.25, 0.3) is 16.6 Å². The number of aryl methyl sites for hydroxylation is 1. The Kier molecular flexibility index (Phi) is 4.67. The average Bonchev–Trinajstić information content (AvgIpc) is 2.68. The van der Waals surface area contributed by atoms with Crippen LogP contribution in [0.4, 0.5) is 5.69 Å². The number of aromatic nitrogens is 2. The molecule has 0 aliphatic heterocycles. The molecule has 0 saturated carbocycles. The monoisotopic (exact) mass is 389 g/mol. The molecule has 0 bridgehead atoms. The molecule has 0 fully saturated rings. The Labute approximate surface area is 166 Å². The number of benzene rings is 3. The van der Waals surface area contributed by atoms with Crippen molar-refractivity contribution in [2.45, 2.75) is 6.92 Å². The lowest BCUT2D eigenvalue weighted by atomic mass is 10.1. The Bertz CT molecular complexity index is 1250. The van der Waals surface area contributed by atoms with Gasteiger partial charge in [-0.1, -0.05) is 29.8 Å². The number of halogens is 1. The lowest BCUT2D eigenvalue weighted by molar-refractivity contribution is 0.102. The van der Waals surface area contributed by atoms with Crippen LogP contribution >= 0.6 is 11.6 Å². The number of nitrogens with zero attached hydrogens (tertiary/aromatic N) is 2. The summed E-state index contributed by atoms with van der Waals surface area (Å²) in [5.74, 6) is 0.328.